The predicted octanol–water partition coefficient (Wildman–Crippen LogP) is 2.30. The van der Waals surface area contributed by atoms with Crippen molar-refractivity contribution in [3.63, 3.8) is 0 Å². The van der Waals surface area contributed by atoms with E-state index in [1.807, 2.05) is 30.5 Å². The first kappa shape index (κ1) is 15.5. The first-order valence-corrected chi connectivity index (χ1v) is 8.53. The Morgan fingerprint density at radius 3 is 2.48 bits per heavy atom. The summed E-state index contributed by atoms with van der Waals surface area (Å²) < 4.78 is 24.7. The van der Waals surface area contributed by atoms with Crippen LogP contribution in [0.1, 0.15) is 24.1 Å². The maximum absolute atomic E-state index is 11.1. The van der Waals surface area contributed by atoms with Gasteiger partial charge in [-0.1, -0.05) is 18.2 Å². The highest BCUT2D eigenvalue weighted by atomic mass is 32.2. The summed E-state index contributed by atoms with van der Waals surface area (Å²) in [6.45, 7) is 2.80. The van der Waals surface area contributed by atoms with Gasteiger partial charge in [0.05, 0.1) is 6.26 Å². The van der Waals surface area contributed by atoms with Crippen LogP contribution in [0.4, 0.5) is 5.69 Å². The number of rotatable bonds is 6. The smallest absolute Gasteiger partial charge is 0.229 e. The highest BCUT2D eigenvalue weighted by Crippen LogP contribution is 2.17. The quantitative estimate of drug-likeness (QED) is 0.859. The van der Waals surface area contributed by atoms with E-state index in [2.05, 4.69) is 21.9 Å². The minimum atomic E-state index is -3.23. The van der Waals surface area contributed by atoms with Gasteiger partial charge in [0, 0.05) is 30.7 Å². The molecule has 112 valence electrons. The second kappa shape index (κ2) is 6.69. The van der Waals surface area contributed by atoms with E-state index < -0.39 is 10.0 Å². The summed E-state index contributed by atoms with van der Waals surface area (Å²) in [5, 5.41) is 3.40. The maximum Gasteiger partial charge on any atom is 0.229 e. The summed E-state index contributed by atoms with van der Waals surface area (Å²) in [5.74, 6) is 0. The van der Waals surface area contributed by atoms with E-state index in [-0.39, 0.29) is 6.04 Å². The number of anilines is 1. The van der Waals surface area contributed by atoms with Crippen molar-refractivity contribution in [2.45, 2.75) is 19.5 Å². The fourth-order valence-corrected chi connectivity index (χ4v) is 2.51. The van der Waals surface area contributed by atoms with Gasteiger partial charge < -0.3 is 5.32 Å². The number of hydrogen-bond acceptors (Lipinski definition) is 4. The third kappa shape index (κ3) is 5.17. The molecule has 2 rings (SSSR count). The maximum atomic E-state index is 11.1. The monoisotopic (exact) mass is 305 g/mol. The molecule has 0 amide bonds. The largest absolute Gasteiger partial charge is 0.306 e. The van der Waals surface area contributed by atoms with Crippen LogP contribution in [-0.4, -0.2) is 19.7 Å². The van der Waals surface area contributed by atoms with Crippen molar-refractivity contribution in [2.24, 2.45) is 0 Å². The molecule has 2 aromatic rings. The van der Waals surface area contributed by atoms with Crippen molar-refractivity contribution < 1.29 is 8.42 Å². The number of hydrogen-bond donors (Lipinski definition) is 2. The van der Waals surface area contributed by atoms with Gasteiger partial charge in [0.15, 0.2) is 0 Å². The van der Waals surface area contributed by atoms with Gasteiger partial charge in [0.1, 0.15) is 0 Å². The van der Waals surface area contributed by atoms with Gasteiger partial charge in [-0.05, 0) is 36.2 Å². The molecule has 0 unspecified atom stereocenters. The zero-order valence-electron chi connectivity index (χ0n) is 12.1. The lowest BCUT2D eigenvalue weighted by atomic mass is 10.1. The molecule has 0 saturated heterocycles. The molecule has 6 heteroatoms. The van der Waals surface area contributed by atoms with Gasteiger partial charge in [0.2, 0.25) is 10.0 Å². The van der Waals surface area contributed by atoms with Gasteiger partial charge in [-0.15, -0.1) is 0 Å². The number of nitrogens with one attached hydrogen (secondary N) is 2. The molecule has 0 radical (unpaired) electrons. The topological polar surface area (TPSA) is 71.1 Å². The molecule has 0 aliphatic rings. The van der Waals surface area contributed by atoms with Crippen LogP contribution in [-0.2, 0) is 16.6 Å². The lowest BCUT2D eigenvalue weighted by molar-refractivity contribution is 0.574. The minimum absolute atomic E-state index is 0.164. The van der Waals surface area contributed by atoms with Gasteiger partial charge in [-0.25, -0.2) is 8.42 Å². The molecule has 1 aromatic carbocycles. The lowest BCUT2D eigenvalue weighted by Gasteiger charge is -2.15. The van der Waals surface area contributed by atoms with Crippen molar-refractivity contribution in [1.82, 2.24) is 10.3 Å². The molecule has 0 aliphatic carbocycles. The van der Waals surface area contributed by atoms with E-state index >= 15 is 0 Å². The zero-order chi connectivity index (χ0) is 15.3. The van der Waals surface area contributed by atoms with Gasteiger partial charge in [0.25, 0.3) is 0 Å². The van der Waals surface area contributed by atoms with E-state index in [0.717, 1.165) is 23.9 Å². The van der Waals surface area contributed by atoms with Gasteiger partial charge >= 0.3 is 0 Å². The van der Waals surface area contributed by atoms with Crippen molar-refractivity contribution >= 4 is 15.7 Å². The Kier molecular flexibility index (Phi) is 4.93. The molecule has 21 heavy (non-hydrogen) atoms. The van der Waals surface area contributed by atoms with E-state index in [1.54, 1.807) is 18.3 Å². The SMILES string of the molecule is C[C@@H](NCc1cccnc1)c1ccc(NS(C)(=O)=O)cc1. The zero-order valence-corrected chi connectivity index (χ0v) is 12.9. The average Bonchev–Trinajstić information content (AvgIpc) is 2.45. The minimum Gasteiger partial charge on any atom is -0.306 e. The second-order valence-corrected chi connectivity index (χ2v) is 6.71. The Bertz CT molecular complexity index is 670. The summed E-state index contributed by atoms with van der Waals surface area (Å²) >= 11 is 0. The van der Waals surface area contributed by atoms with Crippen LogP contribution in [0.5, 0.6) is 0 Å². The molecule has 0 spiro atoms. The van der Waals surface area contributed by atoms with Crippen molar-refractivity contribution in [2.75, 3.05) is 11.0 Å². The van der Waals surface area contributed by atoms with Crippen molar-refractivity contribution in [1.29, 1.82) is 0 Å². The summed E-state index contributed by atoms with van der Waals surface area (Å²) in [6.07, 6.45) is 4.72. The molecule has 1 aromatic heterocycles. The predicted molar refractivity (Wildman–Crippen MR) is 84.4 cm³/mol. The molecule has 0 fully saturated rings. The Morgan fingerprint density at radius 1 is 1.19 bits per heavy atom. The number of nitrogens with zero attached hydrogens (tertiary/aromatic N) is 1. The van der Waals surface area contributed by atoms with Gasteiger partial charge in [-0.3, -0.25) is 9.71 Å². The summed E-state index contributed by atoms with van der Waals surface area (Å²) in [7, 11) is -3.23. The number of aromatic nitrogens is 1. The molecular formula is C15H19N3O2S. The second-order valence-electron chi connectivity index (χ2n) is 4.96. The Hall–Kier alpha value is -1.92. The Balaban J connectivity index is 1.95. The lowest BCUT2D eigenvalue weighted by Crippen LogP contribution is -2.18. The molecule has 0 aliphatic heterocycles. The highest BCUT2D eigenvalue weighted by Gasteiger charge is 2.06. The van der Waals surface area contributed by atoms with Crippen LogP contribution >= 0.6 is 0 Å². The molecule has 0 bridgehead atoms. The normalized spacial score (nSPS) is 12.9. The summed E-state index contributed by atoms with van der Waals surface area (Å²) in [5.41, 5.74) is 2.79. The third-order valence-electron chi connectivity index (χ3n) is 3.05. The first-order chi connectivity index (χ1) is 9.94. The molecule has 1 heterocycles. The average molecular weight is 305 g/mol. The molecule has 1 atom stereocenters. The van der Waals surface area contributed by atoms with Crippen LogP contribution in [0.25, 0.3) is 0 Å². The van der Waals surface area contributed by atoms with Gasteiger partial charge in [-0.2, -0.15) is 0 Å². The van der Waals surface area contributed by atoms with E-state index in [9.17, 15) is 8.42 Å². The standard InChI is InChI=1S/C15H19N3O2S/c1-12(17-11-13-4-3-9-16-10-13)14-5-7-15(8-6-14)18-21(2,19)20/h3-10,12,17-18H,11H2,1-2H3/t12-/m1/s1. The molecule has 0 saturated carbocycles. The fraction of sp³-hybridized carbons (Fsp3) is 0.267. The summed E-state index contributed by atoms with van der Waals surface area (Å²) in [4.78, 5) is 4.08. The van der Waals surface area contributed by atoms with Crippen LogP contribution < -0.4 is 10.0 Å². The third-order valence-corrected chi connectivity index (χ3v) is 3.66. The van der Waals surface area contributed by atoms with Crippen molar-refractivity contribution in [3.05, 3.63) is 59.9 Å². The molecule has 5 nitrogen and oxygen atoms in total. The van der Waals surface area contributed by atoms with E-state index in [1.165, 1.54) is 0 Å². The Labute approximate surface area is 125 Å². The van der Waals surface area contributed by atoms with Crippen LogP contribution in [0, 0.1) is 0 Å². The number of sulfonamides is 1. The number of benzene rings is 1. The highest BCUT2D eigenvalue weighted by molar-refractivity contribution is 7.92. The summed E-state index contributed by atoms with van der Waals surface area (Å²) in [6, 6.07) is 11.4. The van der Waals surface area contributed by atoms with Crippen LogP contribution in [0.2, 0.25) is 0 Å². The fourth-order valence-electron chi connectivity index (χ4n) is 1.95. The number of pyridine rings is 1. The van der Waals surface area contributed by atoms with Crippen molar-refractivity contribution in [3.8, 4) is 0 Å². The van der Waals surface area contributed by atoms with E-state index in [0.29, 0.717) is 5.69 Å². The molecule has 2 N–H and O–H groups in total. The molecular weight excluding hydrogens is 286 g/mol. The Morgan fingerprint density at radius 2 is 1.90 bits per heavy atom. The van der Waals surface area contributed by atoms with Crippen LogP contribution in [0.15, 0.2) is 48.8 Å². The van der Waals surface area contributed by atoms with E-state index in [4.69, 9.17) is 0 Å². The first-order valence-electron chi connectivity index (χ1n) is 6.64. The van der Waals surface area contributed by atoms with Crippen LogP contribution in [0.3, 0.4) is 0 Å².